The fraction of sp³-hybridized carbons (Fsp3) is 0.333. The number of anilines is 1. The summed E-state index contributed by atoms with van der Waals surface area (Å²) >= 11 is 1.67. The second-order valence-electron chi connectivity index (χ2n) is 3.87. The zero-order valence-corrected chi connectivity index (χ0v) is 10.00. The van der Waals surface area contributed by atoms with Gasteiger partial charge in [-0.05, 0) is 42.9 Å². The number of amides is 1. The minimum Gasteiger partial charge on any atom is -0.478 e. The molecule has 1 fully saturated rings. The number of hydrogen-bond acceptors (Lipinski definition) is 3. The van der Waals surface area contributed by atoms with E-state index in [1.54, 1.807) is 23.9 Å². The Bertz CT molecular complexity index is 424. The lowest BCUT2D eigenvalue weighted by atomic mass is 10.2. The first-order valence-corrected chi connectivity index (χ1v) is 6.47. The largest absolute Gasteiger partial charge is 0.478 e. The third-order valence-electron chi connectivity index (χ3n) is 2.62. The van der Waals surface area contributed by atoms with E-state index >= 15 is 0 Å². The van der Waals surface area contributed by atoms with E-state index in [2.05, 4.69) is 5.32 Å². The third-order valence-corrected chi connectivity index (χ3v) is 4.00. The second-order valence-corrected chi connectivity index (χ2v) is 5.18. The van der Waals surface area contributed by atoms with Crippen LogP contribution in [0, 0.1) is 0 Å². The molecule has 1 aliphatic heterocycles. The van der Waals surface area contributed by atoms with Crippen LogP contribution < -0.4 is 5.32 Å². The van der Waals surface area contributed by atoms with E-state index in [0.717, 1.165) is 18.6 Å². The molecule has 5 heteroatoms. The quantitative estimate of drug-likeness (QED) is 0.864. The molecule has 0 bridgehead atoms. The normalized spacial score (nSPS) is 18.9. The Morgan fingerprint density at radius 3 is 2.53 bits per heavy atom. The first kappa shape index (κ1) is 12.0. The third kappa shape index (κ3) is 3.00. The Balaban J connectivity index is 1.98. The van der Waals surface area contributed by atoms with Gasteiger partial charge in [-0.25, -0.2) is 4.79 Å². The van der Waals surface area contributed by atoms with Gasteiger partial charge in [-0.15, -0.1) is 11.8 Å². The zero-order valence-electron chi connectivity index (χ0n) is 9.18. The molecular formula is C12H13NO3S. The molecule has 2 N–H and O–H groups in total. The zero-order chi connectivity index (χ0) is 12.3. The van der Waals surface area contributed by atoms with Crippen molar-refractivity contribution >= 4 is 29.3 Å². The predicted octanol–water partition coefficient (Wildman–Crippen LogP) is 2.22. The SMILES string of the molecule is O=C(O)c1ccc(NC(=O)C2CCCS2)cc1. The highest BCUT2D eigenvalue weighted by Gasteiger charge is 2.23. The van der Waals surface area contributed by atoms with E-state index in [0.29, 0.717) is 5.69 Å². The van der Waals surface area contributed by atoms with Crippen molar-refractivity contribution in [3.8, 4) is 0 Å². The van der Waals surface area contributed by atoms with E-state index in [4.69, 9.17) is 5.11 Å². The number of carbonyl (C=O) groups is 2. The van der Waals surface area contributed by atoms with Gasteiger partial charge in [0, 0.05) is 5.69 Å². The number of aromatic carboxylic acids is 1. The van der Waals surface area contributed by atoms with Crippen molar-refractivity contribution in [2.24, 2.45) is 0 Å². The van der Waals surface area contributed by atoms with Crippen LogP contribution in [-0.2, 0) is 4.79 Å². The highest BCUT2D eigenvalue weighted by Crippen LogP contribution is 2.27. The van der Waals surface area contributed by atoms with E-state index < -0.39 is 5.97 Å². The Kier molecular flexibility index (Phi) is 3.68. The average Bonchev–Trinajstić information content (AvgIpc) is 2.83. The molecule has 1 saturated heterocycles. The molecule has 1 atom stereocenters. The molecule has 4 nitrogen and oxygen atoms in total. The van der Waals surface area contributed by atoms with Crippen molar-refractivity contribution in [2.75, 3.05) is 11.1 Å². The molecule has 17 heavy (non-hydrogen) atoms. The van der Waals surface area contributed by atoms with Gasteiger partial charge in [0.1, 0.15) is 0 Å². The van der Waals surface area contributed by atoms with Crippen LogP contribution in [0.4, 0.5) is 5.69 Å². The summed E-state index contributed by atoms with van der Waals surface area (Å²) in [7, 11) is 0. The monoisotopic (exact) mass is 251 g/mol. The highest BCUT2D eigenvalue weighted by molar-refractivity contribution is 8.00. The van der Waals surface area contributed by atoms with Crippen LogP contribution in [0.1, 0.15) is 23.2 Å². The van der Waals surface area contributed by atoms with E-state index in [9.17, 15) is 9.59 Å². The van der Waals surface area contributed by atoms with Crippen molar-refractivity contribution in [1.82, 2.24) is 0 Å². The predicted molar refractivity (Wildman–Crippen MR) is 67.5 cm³/mol. The van der Waals surface area contributed by atoms with Gasteiger partial charge < -0.3 is 10.4 Å². The van der Waals surface area contributed by atoms with Crippen molar-refractivity contribution in [3.05, 3.63) is 29.8 Å². The Labute approximate surface area is 103 Å². The Morgan fingerprint density at radius 2 is 2.00 bits per heavy atom. The van der Waals surface area contributed by atoms with Gasteiger partial charge in [-0.2, -0.15) is 0 Å². The van der Waals surface area contributed by atoms with Gasteiger partial charge in [0.25, 0.3) is 0 Å². The number of carboxylic acids is 1. The number of carboxylic acid groups (broad SMARTS) is 1. The first-order chi connectivity index (χ1) is 8.16. The fourth-order valence-electron chi connectivity index (χ4n) is 1.70. The molecule has 1 amide bonds. The summed E-state index contributed by atoms with van der Waals surface area (Å²) in [4.78, 5) is 22.4. The number of nitrogens with one attached hydrogen (secondary N) is 1. The Morgan fingerprint density at radius 1 is 1.29 bits per heavy atom. The summed E-state index contributed by atoms with van der Waals surface area (Å²) in [5.41, 5.74) is 0.866. The fourth-order valence-corrected chi connectivity index (χ4v) is 2.86. The second kappa shape index (κ2) is 5.23. The lowest BCUT2D eigenvalue weighted by Gasteiger charge is -2.09. The first-order valence-electron chi connectivity index (χ1n) is 5.42. The maximum atomic E-state index is 11.8. The van der Waals surface area contributed by atoms with Crippen LogP contribution in [0.2, 0.25) is 0 Å². The molecular weight excluding hydrogens is 238 g/mol. The highest BCUT2D eigenvalue weighted by atomic mass is 32.2. The van der Waals surface area contributed by atoms with Crippen LogP contribution in [0.15, 0.2) is 24.3 Å². The topological polar surface area (TPSA) is 66.4 Å². The summed E-state index contributed by atoms with van der Waals surface area (Å²) in [6, 6.07) is 6.20. The average molecular weight is 251 g/mol. The van der Waals surface area contributed by atoms with Crippen LogP contribution >= 0.6 is 11.8 Å². The molecule has 90 valence electrons. The molecule has 1 heterocycles. The maximum Gasteiger partial charge on any atom is 0.335 e. The summed E-state index contributed by atoms with van der Waals surface area (Å²) in [6.45, 7) is 0. The van der Waals surface area contributed by atoms with Crippen LogP contribution in [-0.4, -0.2) is 28.0 Å². The van der Waals surface area contributed by atoms with Crippen LogP contribution in [0.25, 0.3) is 0 Å². The molecule has 1 aromatic carbocycles. The molecule has 0 aliphatic carbocycles. The molecule has 1 aliphatic rings. The van der Waals surface area contributed by atoms with Crippen molar-refractivity contribution in [3.63, 3.8) is 0 Å². The molecule has 1 aromatic rings. The van der Waals surface area contributed by atoms with Crippen molar-refractivity contribution < 1.29 is 14.7 Å². The molecule has 0 aromatic heterocycles. The summed E-state index contributed by atoms with van der Waals surface area (Å²) < 4.78 is 0. The van der Waals surface area contributed by atoms with Crippen LogP contribution in [0.3, 0.4) is 0 Å². The maximum absolute atomic E-state index is 11.8. The number of rotatable bonds is 3. The van der Waals surface area contributed by atoms with Gasteiger partial charge in [0.2, 0.25) is 5.91 Å². The van der Waals surface area contributed by atoms with Gasteiger partial charge in [0.15, 0.2) is 0 Å². The Hall–Kier alpha value is -1.49. The van der Waals surface area contributed by atoms with Crippen LogP contribution in [0.5, 0.6) is 0 Å². The molecule has 0 saturated carbocycles. The molecule has 1 unspecified atom stereocenters. The minimum absolute atomic E-state index is 0.00979. The van der Waals surface area contributed by atoms with Gasteiger partial charge in [-0.1, -0.05) is 0 Å². The smallest absolute Gasteiger partial charge is 0.335 e. The lowest BCUT2D eigenvalue weighted by Crippen LogP contribution is -2.22. The summed E-state index contributed by atoms with van der Waals surface area (Å²) in [6.07, 6.45) is 2.00. The van der Waals surface area contributed by atoms with Gasteiger partial charge in [0.05, 0.1) is 10.8 Å². The van der Waals surface area contributed by atoms with Crippen molar-refractivity contribution in [1.29, 1.82) is 0 Å². The molecule has 0 spiro atoms. The van der Waals surface area contributed by atoms with E-state index in [-0.39, 0.29) is 16.7 Å². The number of thioether (sulfide) groups is 1. The summed E-state index contributed by atoms with van der Waals surface area (Å²) in [5.74, 6) is 0.0838. The number of carbonyl (C=O) groups excluding carboxylic acids is 1. The molecule has 0 radical (unpaired) electrons. The number of benzene rings is 1. The van der Waals surface area contributed by atoms with E-state index in [1.165, 1.54) is 12.1 Å². The van der Waals surface area contributed by atoms with E-state index in [1.807, 2.05) is 0 Å². The lowest BCUT2D eigenvalue weighted by molar-refractivity contribution is -0.115. The van der Waals surface area contributed by atoms with Gasteiger partial charge >= 0.3 is 5.97 Å². The van der Waals surface area contributed by atoms with Crippen molar-refractivity contribution in [2.45, 2.75) is 18.1 Å². The number of hydrogen-bond donors (Lipinski definition) is 2. The summed E-state index contributed by atoms with van der Waals surface area (Å²) in [5, 5.41) is 11.6. The minimum atomic E-state index is -0.964. The standard InChI is InChI=1S/C12H13NO3S/c14-11(10-2-1-7-17-10)13-9-5-3-8(4-6-9)12(15)16/h3-6,10H,1-2,7H2,(H,13,14)(H,15,16). The molecule has 2 rings (SSSR count). The van der Waals surface area contributed by atoms with Gasteiger partial charge in [-0.3, -0.25) is 4.79 Å².